The highest BCUT2D eigenvalue weighted by atomic mass is 32.2. The zero-order valence-electron chi connectivity index (χ0n) is 15.8. The predicted octanol–water partition coefficient (Wildman–Crippen LogP) is 3.79. The molecule has 3 atom stereocenters. The van der Waals surface area contributed by atoms with Crippen molar-refractivity contribution in [3.05, 3.63) is 65.5 Å². The fourth-order valence-electron chi connectivity index (χ4n) is 3.09. The monoisotopic (exact) mass is 441 g/mol. The van der Waals surface area contributed by atoms with Gasteiger partial charge in [0.05, 0.1) is 23.4 Å². The Morgan fingerprint density at radius 1 is 1.20 bits per heavy atom. The van der Waals surface area contributed by atoms with E-state index in [1.807, 2.05) is 30.3 Å². The number of benzene rings is 2. The van der Waals surface area contributed by atoms with Crippen LogP contribution in [0.5, 0.6) is 0 Å². The van der Waals surface area contributed by atoms with Gasteiger partial charge in [0.25, 0.3) is 0 Å². The lowest BCUT2D eigenvalue weighted by Crippen LogP contribution is -2.56. The smallest absolute Gasteiger partial charge is 0.348 e. The second kappa shape index (κ2) is 9.05. The van der Waals surface area contributed by atoms with Gasteiger partial charge in [0.2, 0.25) is 11.8 Å². The standard InChI is InChI=1S/C20H19F4N3O2S/c1-11(13-7-8-16(14(21)9-13)30-20(22,23)24)25-19(29)15-10-17(28)27-18(26-15)12-5-3-2-4-6-12/h2-9,11,15,18,26H,10H2,1H3,(H,25,29)(H,27,28)/t11-,15?,18?/m1/s1. The first-order valence-electron chi connectivity index (χ1n) is 9.08. The second-order valence-corrected chi connectivity index (χ2v) is 7.91. The van der Waals surface area contributed by atoms with Crippen molar-refractivity contribution in [1.29, 1.82) is 0 Å². The third-order valence-electron chi connectivity index (χ3n) is 4.55. The molecule has 0 aliphatic carbocycles. The van der Waals surface area contributed by atoms with Gasteiger partial charge in [0, 0.05) is 0 Å². The number of hydrogen-bond donors (Lipinski definition) is 3. The maximum Gasteiger partial charge on any atom is 0.446 e. The molecule has 160 valence electrons. The molecule has 3 N–H and O–H groups in total. The Bertz CT molecular complexity index is 924. The van der Waals surface area contributed by atoms with Crippen molar-refractivity contribution in [3.63, 3.8) is 0 Å². The Kier molecular flexibility index (Phi) is 6.67. The van der Waals surface area contributed by atoms with E-state index in [2.05, 4.69) is 16.0 Å². The van der Waals surface area contributed by atoms with Crippen LogP contribution in [0.2, 0.25) is 0 Å². The second-order valence-electron chi connectivity index (χ2n) is 6.80. The molecule has 1 fully saturated rings. The molecule has 2 unspecified atom stereocenters. The van der Waals surface area contributed by atoms with Gasteiger partial charge in [-0.15, -0.1) is 0 Å². The molecule has 1 saturated heterocycles. The van der Waals surface area contributed by atoms with E-state index in [4.69, 9.17) is 0 Å². The summed E-state index contributed by atoms with van der Waals surface area (Å²) in [6.07, 6.45) is -0.605. The van der Waals surface area contributed by atoms with Gasteiger partial charge in [0.15, 0.2) is 0 Å². The summed E-state index contributed by atoms with van der Waals surface area (Å²) in [4.78, 5) is 24.1. The number of nitrogens with one attached hydrogen (secondary N) is 3. The van der Waals surface area contributed by atoms with E-state index in [1.165, 1.54) is 6.07 Å². The molecule has 30 heavy (non-hydrogen) atoms. The Morgan fingerprint density at radius 2 is 1.90 bits per heavy atom. The zero-order valence-corrected chi connectivity index (χ0v) is 16.6. The van der Waals surface area contributed by atoms with Gasteiger partial charge in [0.1, 0.15) is 12.0 Å². The molecule has 3 rings (SSSR count). The average molecular weight is 441 g/mol. The van der Waals surface area contributed by atoms with E-state index in [1.54, 1.807) is 6.92 Å². The Morgan fingerprint density at radius 3 is 2.53 bits per heavy atom. The maximum atomic E-state index is 14.0. The molecule has 10 heteroatoms. The minimum Gasteiger partial charge on any atom is -0.348 e. The topological polar surface area (TPSA) is 70.2 Å². The minimum atomic E-state index is -4.59. The van der Waals surface area contributed by atoms with Crippen molar-refractivity contribution in [2.75, 3.05) is 0 Å². The lowest BCUT2D eigenvalue weighted by Gasteiger charge is -2.32. The molecule has 0 aromatic heterocycles. The van der Waals surface area contributed by atoms with Crippen molar-refractivity contribution in [2.45, 2.75) is 42.0 Å². The third-order valence-corrected chi connectivity index (χ3v) is 5.33. The zero-order chi connectivity index (χ0) is 21.9. The Hall–Kier alpha value is -2.59. The molecular weight excluding hydrogens is 422 g/mol. The van der Waals surface area contributed by atoms with Crippen LogP contribution in [0, 0.1) is 5.82 Å². The van der Waals surface area contributed by atoms with Crippen molar-refractivity contribution in [3.8, 4) is 0 Å². The highest BCUT2D eigenvalue weighted by Crippen LogP contribution is 2.38. The SMILES string of the molecule is C[C@@H](NC(=O)C1CC(=O)NC(c2ccccc2)N1)c1ccc(SC(F)(F)F)c(F)c1. The molecular formula is C20H19F4N3O2S. The highest BCUT2D eigenvalue weighted by Gasteiger charge is 2.33. The summed E-state index contributed by atoms with van der Waals surface area (Å²) in [5.74, 6) is -1.78. The number of carbonyl (C=O) groups excluding carboxylic acids is 2. The van der Waals surface area contributed by atoms with E-state index in [0.717, 1.165) is 17.7 Å². The molecule has 0 saturated carbocycles. The number of carbonyl (C=O) groups is 2. The Labute approximate surface area is 174 Å². The molecule has 0 bridgehead atoms. The molecule has 2 aromatic carbocycles. The van der Waals surface area contributed by atoms with E-state index < -0.39 is 52.1 Å². The average Bonchev–Trinajstić information content (AvgIpc) is 2.68. The molecule has 5 nitrogen and oxygen atoms in total. The summed E-state index contributed by atoms with van der Waals surface area (Å²) in [5.41, 5.74) is -3.49. The molecule has 1 heterocycles. The minimum absolute atomic E-state index is 0.0720. The first-order chi connectivity index (χ1) is 14.1. The van der Waals surface area contributed by atoms with Crippen molar-refractivity contribution in [2.24, 2.45) is 0 Å². The van der Waals surface area contributed by atoms with Crippen LogP contribution in [0.1, 0.15) is 36.7 Å². The van der Waals surface area contributed by atoms with Gasteiger partial charge in [-0.1, -0.05) is 36.4 Å². The van der Waals surface area contributed by atoms with Crippen LogP contribution in [0.3, 0.4) is 0 Å². The fraction of sp³-hybridized carbons (Fsp3) is 0.300. The van der Waals surface area contributed by atoms with E-state index >= 15 is 0 Å². The van der Waals surface area contributed by atoms with Gasteiger partial charge in [-0.05, 0) is 41.9 Å². The van der Waals surface area contributed by atoms with Gasteiger partial charge in [-0.25, -0.2) is 4.39 Å². The van der Waals surface area contributed by atoms with Crippen LogP contribution in [0.4, 0.5) is 17.6 Å². The van der Waals surface area contributed by atoms with Crippen LogP contribution < -0.4 is 16.0 Å². The van der Waals surface area contributed by atoms with Crippen LogP contribution >= 0.6 is 11.8 Å². The summed E-state index contributed by atoms with van der Waals surface area (Å²) in [7, 11) is 0. The molecule has 1 aliphatic rings. The number of rotatable bonds is 5. The normalized spacial score (nSPS) is 20.4. The molecule has 2 aromatic rings. The summed E-state index contributed by atoms with van der Waals surface area (Å²) in [6.45, 7) is 1.58. The van der Waals surface area contributed by atoms with Crippen LogP contribution in [0.25, 0.3) is 0 Å². The molecule has 2 amide bonds. The highest BCUT2D eigenvalue weighted by molar-refractivity contribution is 8.00. The van der Waals surface area contributed by atoms with E-state index in [-0.39, 0.29) is 12.3 Å². The van der Waals surface area contributed by atoms with Gasteiger partial charge in [-0.3, -0.25) is 14.9 Å². The third kappa shape index (κ3) is 5.73. The van der Waals surface area contributed by atoms with Crippen molar-refractivity contribution >= 4 is 23.6 Å². The largest absolute Gasteiger partial charge is 0.446 e. The number of halogens is 4. The lowest BCUT2D eigenvalue weighted by molar-refractivity contribution is -0.132. The Balaban J connectivity index is 1.66. The lowest BCUT2D eigenvalue weighted by atomic mass is 10.0. The summed E-state index contributed by atoms with van der Waals surface area (Å²) < 4.78 is 51.4. The first kappa shape index (κ1) is 22.1. The fourth-order valence-corrected chi connectivity index (χ4v) is 3.63. The van der Waals surface area contributed by atoms with Crippen LogP contribution in [0.15, 0.2) is 53.4 Å². The van der Waals surface area contributed by atoms with Crippen molar-refractivity contribution < 1.29 is 27.2 Å². The van der Waals surface area contributed by atoms with Gasteiger partial charge >= 0.3 is 5.51 Å². The van der Waals surface area contributed by atoms with Gasteiger partial charge in [-0.2, -0.15) is 13.2 Å². The summed E-state index contributed by atoms with van der Waals surface area (Å²) >= 11 is -0.534. The van der Waals surface area contributed by atoms with Crippen LogP contribution in [-0.4, -0.2) is 23.4 Å². The number of thioether (sulfide) groups is 1. The summed E-state index contributed by atoms with van der Waals surface area (Å²) in [5, 5.41) is 8.49. The molecule has 1 aliphatic heterocycles. The number of alkyl halides is 3. The first-order valence-corrected chi connectivity index (χ1v) is 9.90. The number of amides is 2. The van der Waals surface area contributed by atoms with E-state index in [9.17, 15) is 27.2 Å². The summed E-state index contributed by atoms with van der Waals surface area (Å²) in [6, 6.07) is 10.9. The quantitative estimate of drug-likeness (QED) is 0.488. The predicted molar refractivity (Wildman–Crippen MR) is 104 cm³/mol. The van der Waals surface area contributed by atoms with E-state index in [0.29, 0.717) is 5.56 Å². The van der Waals surface area contributed by atoms with Crippen LogP contribution in [-0.2, 0) is 9.59 Å². The molecule has 0 spiro atoms. The molecule has 0 radical (unpaired) electrons. The number of hydrogen-bond acceptors (Lipinski definition) is 4. The van der Waals surface area contributed by atoms with Crippen molar-refractivity contribution in [1.82, 2.24) is 16.0 Å². The maximum absolute atomic E-state index is 14.0. The van der Waals surface area contributed by atoms with Gasteiger partial charge < -0.3 is 10.6 Å².